The van der Waals surface area contributed by atoms with E-state index in [0.717, 1.165) is 45.6 Å². The molecule has 1 aromatic carbocycles. The van der Waals surface area contributed by atoms with Crippen molar-refractivity contribution < 1.29 is 4.74 Å². The second-order valence-corrected chi connectivity index (χ2v) is 11.3. The second kappa shape index (κ2) is 8.75. The van der Waals surface area contributed by atoms with Gasteiger partial charge in [-0.3, -0.25) is 0 Å². The first-order valence-electron chi connectivity index (χ1n) is 10.3. The number of hydrogen-bond acceptors (Lipinski definition) is 3. The van der Waals surface area contributed by atoms with Gasteiger partial charge in [0.05, 0.1) is 12.1 Å². The Hall–Kier alpha value is -1.06. The van der Waals surface area contributed by atoms with Crippen LogP contribution in [0, 0.1) is 0 Å². The molecule has 0 radical (unpaired) electrons. The van der Waals surface area contributed by atoms with Crippen molar-refractivity contribution in [1.82, 2.24) is 4.98 Å². The van der Waals surface area contributed by atoms with Crippen LogP contribution in [0.25, 0.3) is 11.3 Å². The highest BCUT2D eigenvalue weighted by Crippen LogP contribution is 2.45. The fraction of sp³-hybridized carbons (Fsp3) is 0.625. The zero-order valence-corrected chi connectivity index (χ0v) is 20.6. The van der Waals surface area contributed by atoms with E-state index in [2.05, 4.69) is 67.5 Å². The van der Waals surface area contributed by atoms with Crippen molar-refractivity contribution in [2.45, 2.75) is 91.4 Å². The van der Waals surface area contributed by atoms with Crippen molar-refractivity contribution in [3.05, 3.63) is 32.6 Å². The summed E-state index contributed by atoms with van der Waals surface area (Å²) in [7, 11) is 1.77. The molecule has 0 N–H and O–H groups in total. The molecule has 0 amide bonds. The van der Waals surface area contributed by atoms with Crippen molar-refractivity contribution in [3.63, 3.8) is 0 Å². The number of thiazole rings is 1. The fourth-order valence-corrected chi connectivity index (χ4v) is 5.04. The lowest BCUT2D eigenvalue weighted by molar-refractivity contribution is 0.381. The van der Waals surface area contributed by atoms with Crippen molar-refractivity contribution in [2.75, 3.05) is 7.11 Å². The van der Waals surface area contributed by atoms with E-state index in [4.69, 9.17) is 21.3 Å². The van der Waals surface area contributed by atoms with E-state index in [1.54, 1.807) is 18.4 Å². The number of aromatic nitrogens is 1. The molecule has 0 saturated heterocycles. The summed E-state index contributed by atoms with van der Waals surface area (Å²) in [5, 5.41) is 1.16. The van der Waals surface area contributed by atoms with Crippen LogP contribution in [-0.2, 0) is 10.8 Å². The summed E-state index contributed by atoms with van der Waals surface area (Å²) >= 11 is 8.35. The van der Waals surface area contributed by atoms with E-state index in [1.807, 2.05) is 0 Å². The molecule has 2 aromatic rings. The van der Waals surface area contributed by atoms with Gasteiger partial charge in [0.15, 0.2) is 0 Å². The molecule has 1 heterocycles. The van der Waals surface area contributed by atoms with Crippen molar-refractivity contribution in [2.24, 2.45) is 0 Å². The monoisotopic (exact) mass is 421 g/mol. The Kier molecular flexibility index (Phi) is 7.26. The minimum absolute atomic E-state index is 0.0408. The van der Waals surface area contributed by atoms with Crippen LogP contribution < -0.4 is 4.74 Å². The smallest absolute Gasteiger partial charge is 0.126 e. The van der Waals surface area contributed by atoms with E-state index in [1.165, 1.54) is 11.1 Å². The lowest BCUT2D eigenvalue weighted by Crippen LogP contribution is -2.19. The molecular weight excluding hydrogens is 386 g/mol. The van der Waals surface area contributed by atoms with Crippen LogP contribution in [0.2, 0.25) is 4.34 Å². The highest BCUT2D eigenvalue weighted by atomic mass is 35.5. The van der Waals surface area contributed by atoms with Gasteiger partial charge >= 0.3 is 0 Å². The zero-order chi connectivity index (χ0) is 21.3. The lowest BCUT2D eigenvalue weighted by atomic mass is 9.78. The van der Waals surface area contributed by atoms with Gasteiger partial charge in [-0.05, 0) is 35.8 Å². The maximum Gasteiger partial charge on any atom is 0.126 e. The molecule has 0 spiro atoms. The van der Waals surface area contributed by atoms with Gasteiger partial charge in [0, 0.05) is 22.6 Å². The van der Waals surface area contributed by atoms with Crippen LogP contribution in [0.5, 0.6) is 5.75 Å². The van der Waals surface area contributed by atoms with Crippen LogP contribution in [0.4, 0.5) is 0 Å². The molecule has 0 aliphatic carbocycles. The Morgan fingerprint density at radius 2 is 1.57 bits per heavy atom. The standard InChI is InChI=1S/C24H36ClNOS/c1-10-12-15(11-2)22-26-19(21(25)28-22)16-13-17(23(3,4)5)20(27-9)18(14-16)24(6,7)8/h13-15H,10-12H2,1-9H3. The Balaban J connectivity index is 2.71. The largest absolute Gasteiger partial charge is 0.496 e. The summed E-state index contributed by atoms with van der Waals surface area (Å²) in [5.41, 5.74) is 4.32. The summed E-state index contributed by atoms with van der Waals surface area (Å²) < 4.78 is 6.68. The average molecular weight is 422 g/mol. The first kappa shape index (κ1) is 23.2. The third-order valence-corrected chi connectivity index (χ3v) is 6.68. The molecule has 4 heteroatoms. The SMILES string of the molecule is CCCC(CC)c1nc(-c2cc(C(C)(C)C)c(OC)c(C(C)(C)C)c2)c(Cl)s1. The van der Waals surface area contributed by atoms with E-state index in [0.29, 0.717) is 5.92 Å². The van der Waals surface area contributed by atoms with Gasteiger partial charge in [0.2, 0.25) is 0 Å². The summed E-state index contributed by atoms with van der Waals surface area (Å²) in [4.78, 5) is 5.02. The highest BCUT2D eigenvalue weighted by molar-refractivity contribution is 7.16. The molecule has 0 saturated carbocycles. The predicted molar refractivity (Wildman–Crippen MR) is 124 cm³/mol. The average Bonchev–Trinajstić information content (AvgIpc) is 2.98. The van der Waals surface area contributed by atoms with Gasteiger partial charge in [-0.25, -0.2) is 4.98 Å². The quantitative estimate of drug-likeness (QED) is 0.467. The molecule has 1 aromatic heterocycles. The first-order chi connectivity index (χ1) is 12.9. The summed E-state index contributed by atoms with van der Waals surface area (Å²) in [6.07, 6.45) is 3.42. The van der Waals surface area contributed by atoms with Crippen molar-refractivity contribution in [1.29, 1.82) is 0 Å². The molecular formula is C24H36ClNOS. The van der Waals surface area contributed by atoms with Gasteiger partial charge in [-0.2, -0.15) is 0 Å². The number of nitrogens with zero attached hydrogens (tertiary/aromatic N) is 1. The number of ether oxygens (including phenoxy) is 1. The third kappa shape index (κ3) is 4.91. The zero-order valence-electron chi connectivity index (χ0n) is 19.0. The summed E-state index contributed by atoms with van der Waals surface area (Å²) in [6, 6.07) is 4.44. The predicted octanol–water partition coefficient (Wildman–Crippen LogP) is 8.36. The maximum absolute atomic E-state index is 6.71. The maximum atomic E-state index is 6.71. The van der Waals surface area contributed by atoms with Gasteiger partial charge < -0.3 is 4.74 Å². The molecule has 2 rings (SSSR count). The van der Waals surface area contributed by atoms with Crippen LogP contribution in [-0.4, -0.2) is 12.1 Å². The van der Waals surface area contributed by atoms with E-state index < -0.39 is 0 Å². The number of halogens is 1. The van der Waals surface area contributed by atoms with Gasteiger partial charge in [0.1, 0.15) is 15.8 Å². The second-order valence-electron chi connectivity index (χ2n) is 9.67. The number of methoxy groups -OCH3 is 1. The van der Waals surface area contributed by atoms with Crippen LogP contribution in [0.3, 0.4) is 0 Å². The van der Waals surface area contributed by atoms with E-state index in [-0.39, 0.29) is 10.8 Å². The van der Waals surface area contributed by atoms with Gasteiger partial charge in [-0.15, -0.1) is 11.3 Å². The number of hydrogen-bond donors (Lipinski definition) is 0. The Bertz CT molecular complexity index is 776. The summed E-state index contributed by atoms with van der Waals surface area (Å²) in [5.74, 6) is 1.47. The first-order valence-corrected chi connectivity index (χ1v) is 11.5. The fourth-order valence-electron chi connectivity index (χ4n) is 3.62. The topological polar surface area (TPSA) is 22.1 Å². The molecule has 0 aliphatic heterocycles. The van der Waals surface area contributed by atoms with Crippen LogP contribution in [0.1, 0.15) is 96.7 Å². The molecule has 0 bridgehead atoms. The Morgan fingerprint density at radius 1 is 1.04 bits per heavy atom. The van der Waals surface area contributed by atoms with Crippen molar-refractivity contribution in [3.8, 4) is 17.0 Å². The third-order valence-electron chi connectivity index (χ3n) is 5.26. The minimum atomic E-state index is -0.0408. The van der Waals surface area contributed by atoms with Gasteiger partial charge in [-0.1, -0.05) is 73.4 Å². The van der Waals surface area contributed by atoms with Gasteiger partial charge in [0.25, 0.3) is 0 Å². The highest BCUT2D eigenvalue weighted by Gasteiger charge is 2.29. The molecule has 156 valence electrons. The lowest BCUT2D eigenvalue weighted by Gasteiger charge is -2.29. The number of rotatable bonds is 6. The summed E-state index contributed by atoms with van der Waals surface area (Å²) in [6.45, 7) is 17.8. The van der Waals surface area contributed by atoms with E-state index >= 15 is 0 Å². The Morgan fingerprint density at radius 3 is 1.96 bits per heavy atom. The Labute approximate surface area is 180 Å². The molecule has 0 aliphatic rings. The molecule has 0 fully saturated rings. The van der Waals surface area contributed by atoms with Crippen molar-refractivity contribution >= 4 is 22.9 Å². The normalized spacial score (nSPS) is 13.6. The molecule has 1 unspecified atom stereocenters. The molecule has 2 nitrogen and oxygen atoms in total. The van der Waals surface area contributed by atoms with E-state index in [9.17, 15) is 0 Å². The molecule has 28 heavy (non-hydrogen) atoms. The van der Waals surface area contributed by atoms with Crippen LogP contribution >= 0.6 is 22.9 Å². The van der Waals surface area contributed by atoms with Crippen LogP contribution in [0.15, 0.2) is 12.1 Å². The molecule has 1 atom stereocenters. The minimum Gasteiger partial charge on any atom is -0.496 e. The number of benzene rings is 1.